The SMILES string of the molecule is CCN1CCN(Cc2ccc(-c3ccc4c(c3)CN(CC3CC3)C4=O)cc2)C1. The number of likely N-dealkylation sites (N-methyl/N-ethyl adjacent to an activating group) is 1. The molecule has 2 fully saturated rings. The number of rotatable bonds is 6. The van der Waals surface area contributed by atoms with Gasteiger partial charge < -0.3 is 4.90 Å². The Balaban J connectivity index is 1.27. The summed E-state index contributed by atoms with van der Waals surface area (Å²) in [6.07, 6.45) is 2.57. The standard InChI is InChI=1S/C24H29N3O/c1-2-25-11-12-26(17-25)14-18-5-7-20(8-6-18)21-9-10-23-22(13-21)16-27(24(23)28)15-19-3-4-19/h5-10,13,19H,2-4,11-12,14-17H2,1H3. The van der Waals surface area contributed by atoms with E-state index in [1.165, 1.54) is 41.6 Å². The molecule has 3 aliphatic rings. The van der Waals surface area contributed by atoms with E-state index in [-0.39, 0.29) is 5.91 Å². The van der Waals surface area contributed by atoms with Crippen LogP contribution in [0.2, 0.25) is 0 Å². The maximum atomic E-state index is 12.6. The van der Waals surface area contributed by atoms with Crippen LogP contribution in [0.1, 0.15) is 41.3 Å². The molecule has 146 valence electrons. The number of hydrogen-bond donors (Lipinski definition) is 0. The minimum absolute atomic E-state index is 0.218. The summed E-state index contributed by atoms with van der Waals surface area (Å²) < 4.78 is 0. The molecule has 0 spiro atoms. The van der Waals surface area contributed by atoms with E-state index in [1.807, 2.05) is 11.0 Å². The lowest BCUT2D eigenvalue weighted by molar-refractivity contribution is 0.0771. The van der Waals surface area contributed by atoms with Gasteiger partial charge in [-0.1, -0.05) is 37.3 Å². The largest absolute Gasteiger partial charge is 0.334 e. The molecule has 0 aromatic heterocycles. The van der Waals surface area contributed by atoms with Crippen molar-refractivity contribution in [3.8, 4) is 11.1 Å². The second-order valence-corrected chi connectivity index (χ2v) is 8.60. The highest BCUT2D eigenvalue weighted by Crippen LogP contribution is 2.34. The minimum atomic E-state index is 0.218. The van der Waals surface area contributed by atoms with Crippen molar-refractivity contribution >= 4 is 5.91 Å². The highest BCUT2D eigenvalue weighted by molar-refractivity contribution is 5.99. The number of hydrogen-bond acceptors (Lipinski definition) is 3. The van der Waals surface area contributed by atoms with Gasteiger partial charge in [-0.25, -0.2) is 0 Å². The summed E-state index contributed by atoms with van der Waals surface area (Å²) in [6.45, 7) is 9.51. The van der Waals surface area contributed by atoms with Crippen LogP contribution in [0.4, 0.5) is 0 Å². The Labute approximate surface area is 167 Å². The van der Waals surface area contributed by atoms with E-state index in [0.717, 1.165) is 50.9 Å². The van der Waals surface area contributed by atoms with Crippen LogP contribution in [0, 0.1) is 5.92 Å². The Kier molecular flexibility index (Phi) is 4.69. The Morgan fingerprint density at radius 2 is 1.71 bits per heavy atom. The van der Waals surface area contributed by atoms with Crippen LogP contribution in [-0.4, -0.2) is 53.5 Å². The lowest BCUT2D eigenvalue weighted by atomic mass is 9.99. The van der Waals surface area contributed by atoms with Crippen molar-refractivity contribution in [2.75, 3.05) is 32.8 Å². The molecule has 28 heavy (non-hydrogen) atoms. The molecule has 0 atom stereocenters. The first-order valence-corrected chi connectivity index (χ1v) is 10.7. The Hall–Kier alpha value is -2.17. The van der Waals surface area contributed by atoms with Crippen LogP contribution >= 0.6 is 0 Å². The minimum Gasteiger partial charge on any atom is -0.334 e. The van der Waals surface area contributed by atoms with Gasteiger partial charge in [0.15, 0.2) is 0 Å². The monoisotopic (exact) mass is 375 g/mol. The highest BCUT2D eigenvalue weighted by atomic mass is 16.2. The number of nitrogens with zero attached hydrogens (tertiary/aromatic N) is 3. The van der Waals surface area contributed by atoms with E-state index in [2.05, 4.69) is 53.1 Å². The van der Waals surface area contributed by atoms with E-state index < -0.39 is 0 Å². The molecule has 0 unspecified atom stereocenters. The quantitative estimate of drug-likeness (QED) is 0.768. The maximum Gasteiger partial charge on any atom is 0.254 e. The molecule has 2 heterocycles. The fourth-order valence-corrected chi connectivity index (χ4v) is 4.48. The van der Waals surface area contributed by atoms with E-state index in [9.17, 15) is 4.79 Å². The molecule has 0 radical (unpaired) electrons. The lowest BCUT2D eigenvalue weighted by Crippen LogP contribution is -2.26. The first kappa shape index (κ1) is 17.9. The predicted molar refractivity (Wildman–Crippen MR) is 112 cm³/mol. The first-order valence-electron chi connectivity index (χ1n) is 10.7. The molecular weight excluding hydrogens is 346 g/mol. The average Bonchev–Trinajstić information content (AvgIpc) is 3.33. The Morgan fingerprint density at radius 3 is 2.43 bits per heavy atom. The number of carbonyl (C=O) groups is 1. The van der Waals surface area contributed by atoms with Crippen molar-refractivity contribution < 1.29 is 4.79 Å². The van der Waals surface area contributed by atoms with Crippen LogP contribution in [0.5, 0.6) is 0 Å². The van der Waals surface area contributed by atoms with Gasteiger partial charge in [0.25, 0.3) is 5.91 Å². The summed E-state index contributed by atoms with van der Waals surface area (Å²) in [4.78, 5) is 19.6. The summed E-state index contributed by atoms with van der Waals surface area (Å²) in [7, 11) is 0. The molecule has 4 nitrogen and oxygen atoms in total. The number of fused-ring (bicyclic) bond motifs is 1. The maximum absolute atomic E-state index is 12.6. The predicted octanol–water partition coefficient (Wildman–Crippen LogP) is 3.81. The van der Waals surface area contributed by atoms with Gasteiger partial charge in [-0.2, -0.15) is 0 Å². The number of amides is 1. The molecular formula is C24H29N3O. The van der Waals surface area contributed by atoms with Gasteiger partial charge in [0.1, 0.15) is 0 Å². The fourth-order valence-electron chi connectivity index (χ4n) is 4.48. The van der Waals surface area contributed by atoms with Crippen LogP contribution in [0.15, 0.2) is 42.5 Å². The normalized spacial score (nSPS) is 20.2. The van der Waals surface area contributed by atoms with Crippen LogP contribution in [0.3, 0.4) is 0 Å². The molecule has 1 amide bonds. The summed E-state index contributed by atoms with van der Waals surface area (Å²) in [5, 5.41) is 0. The van der Waals surface area contributed by atoms with Gasteiger partial charge in [0.05, 0.1) is 6.67 Å². The number of benzene rings is 2. The van der Waals surface area contributed by atoms with Crippen LogP contribution < -0.4 is 0 Å². The van der Waals surface area contributed by atoms with Crippen molar-refractivity contribution in [2.45, 2.75) is 32.9 Å². The zero-order valence-corrected chi connectivity index (χ0v) is 16.7. The third-order valence-electron chi connectivity index (χ3n) is 6.43. The first-order chi connectivity index (χ1) is 13.7. The van der Waals surface area contributed by atoms with Gasteiger partial charge in [-0.3, -0.25) is 14.6 Å². The molecule has 1 saturated carbocycles. The molecule has 2 aliphatic heterocycles. The topological polar surface area (TPSA) is 26.8 Å². The van der Waals surface area contributed by atoms with Crippen LogP contribution in [-0.2, 0) is 13.1 Å². The molecule has 2 aromatic carbocycles. The second kappa shape index (κ2) is 7.34. The third-order valence-corrected chi connectivity index (χ3v) is 6.43. The van der Waals surface area contributed by atoms with Gasteiger partial charge in [-0.05, 0) is 59.7 Å². The molecule has 4 heteroatoms. The summed E-state index contributed by atoms with van der Waals surface area (Å²) in [5.41, 5.74) is 5.90. The lowest BCUT2D eigenvalue weighted by Gasteiger charge is -2.17. The van der Waals surface area contributed by atoms with Crippen molar-refractivity contribution in [1.82, 2.24) is 14.7 Å². The van der Waals surface area contributed by atoms with Crippen molar-refractivity contribution in [2.24, 2.45) is 5.92 Å². The average molecular weight is 376 g/mol. The molecule has 2 aromatic rings. The van der Waals surface area contributed by atoms with Gasteiger partial charge in [0, 0.05) is 38.3 Å². The molecule has 0 N–H and O–H groups in total. The van der Waals surface area contributed by atoms with Gasteiger partial charge in [-0.15, -0.1) is 0 Å². The van der Waals surface area contributed by atoms with Crippen LogP contribution in [0.25, 0.3) is 11.1 Å². The third kappa shape index (κ3) is 3.59. The zero-order valence-electron chi connectivity index (χ0n) is 16.7. The smallest absolute Gasteiger partial charge is 0.254 e. The zero-order chi connectivity index (χ0) is 19.1. The van der Waals surface area contributed by atoms with Crippen molar-refractivity contribution in [3.05, 3.63) is 59.2 Å². The molecule has 1 aliphatic carbocycles. The van der Waals surface area contributed by atoms with Gasteiger partial charge >= 0.3 is 0 Å². The van der Waals surface area contributed by atoms with Gasteiger partial charge in [0.2, 0.25) is 0 Å². The highest BCUT2D eigenvalue weighted by Gasteiger charge is 2.32. The van der Waals surface area contributed by atoms with Crippen molar-refractivity contribution in [3.63, 3.8) is 0 Å². The molecule has 0 bridgehead atoms. The summed E-state index contributed by atoms with van der Waals surface area (Å²) in [5.74, 6) is 0.959. The van der Waals surface area contributed by atoms with Crippen molar-refractivity contribution in [1.29, 1.82) is 0 Å². The fraction of sp³-hybridized carbons (Fsp3) is 0.458. The van der Waals surface area contributed by atoms with E-state index >= 15 is 0 Å². The summed E-state index contributed by atoms with van der Waals surface area (Å²) in [6, 6.07) is 15.3. The number of carbonyl (C=O) groups excluding carboxylic acids is 1. The van der Waals surface area contributed by atoms with E-state index in [4.69, 9.17) is 0 Å². The Morgan fingerprint density at radius 1 is 0.964 bits per heavy atom. The second-order valence-electron chi connectivity index (χ2n) is 8.60. The van der Waals surface area contributed by atoms with E-state index in [1.54, 1.807) is 0 Å². The summed E-state index contributed by atoms with van der Waals surface area (Å²) >= 11 is 0. The van der Waals surface area contributed by atoms with E-state index in [0.29, 0.717) is 0 Å². The molecule has 1 saturated heterocycles. The Bertz CT molecular complexity index is 872. The molecule has 5 rings (SSSR count).